The third kappa shape index (κ3) is 2.75. The summed E-state index contributed by atoms with van der Waals surface area (Å²) in [5.74, 6) is 0. The van der Waals surface area contributed by atoms with Crippen molar-refractivity contribution in [1.29, 1.82) is 0 Å². The summed E-state index contributed by atoms with van der Waals surface area (Å²) in [5, 5.41) is 17.7. The molecule has 104 valence electrons. The summed E-state index contributed by atoms with van der Waals surface area (Å²) < 4.78 is 0. The van der Waals surface area contributed by atoms with Crippen LogP contribution in [0.15, 0.2) is 42.5 Å². The van der Waals surface area contributed by atoms with Crippen molar-refractivity contribution in [3.8, 4) is 0 Å². The lowest BCUT2D eigenvalue weighted by Gasteiger charge is -2.36. The molecule has 3 rings (SSSR count). The van der Waals surface area contributed by atoms with Gasteiger partial charge in [-0.05, 0) is 42.2 Å². The lowest BCUT2D eigenvalue weighted by molar-refractivity contribution is -0.0287. The van der Waals surface area contributed by atoms with Crippen LogP contribution in [0.2, 0.25) is 0 Å². The fraction of sp³-hybridized carbons (Fsp3) is 0.312. The molecule has 4 heteroatoms. The zero-order valence-electron chi connectivity index (χ0n) is 11.2. The van der Waals surface area contributed by atoms with Gasteiger partial charge < -0.3 is 15.7 Å². The summed E-state index contributed by atoms with van der Waals surface area (Å²) in [5.41, 5.74) is 0.0579. The van der Waals surface area contributed by atoms with Gasteiger partial charge in [0.05, 0.1) is 5.60 Å². The van der Waals surface area contributed by atoms with E-state index in [0.29, 0.717) is 6.54 Å². The largest absolute Gasteiger partial charge is 0.388 e. The molecule has 4 nitrogen and oxygen atoms in total. The molecule has 0 aliphatic heterocycles. The Balaban J connectivity index is 1.62. The normalized spacial score (nSPS) is 16.4. The Morgan fingerprint density at radius 2 is 1.90 bits per heavy atom. The number of benzene rings is 2. The molecule has 0 heterocycles. The van der Waals surface area contributed by atoms with Gasteiger partial charge in [0, 0.05) is 12.2 Å². The maximum atomic E-state index is 11.8. The fourth-order valence-electron chi connectivity index (χ4n) is 2.45. The minimum Gasteiger partial charge on any atom is -0.388 e. The highest BCUT2D eigenvalue weighted by molar-refractivity contribution is 5.93. The molecular weight excluding hydrogens is 252 g/mol. The van der Waals surface area contributed by atoms with E-state index in [1.165, 1.54) is 0 Å². The van der Waals surface area contributed by atoms with Gasteiger partial charge in [-0.1, -0.05) is 30.3 Å². The van der Waals surface area contributed by atoms with E-state index >= 15 is 0 Å². The molecule has 0 spiro atoms. The summed E-state index contributed by atoms with van der Waals surface area (Å²) in [6.45, 7) is 0.312. The summed E-state index contributed by atoms with van der Waals surface area (Å²) in [7, 11) is 0. The van der Waals surface area contributed by atoms with E-state index in [-0.39, 0.29) is 6.03 Å². The van der Waals surface area contributed by atoms with Gasteiger partial charge in [0.2, 0.25) is 0 Å². The Morgan fingerprint density at radius 3 is 2.60 bits per heavy atom. The van der Waals surface area contributed by atoms with E-state index in [9.17, 15) is 9.90 Å². The van der Waals surface area contributed by atoms with Crippen molar-refractivity contribution < 1.29 is 9.90 Å². The monoisotopic (exact) mass is 270 g/mol. The molecule has 2 amide bonds. The molecule has 0 atom stereocenters. The molecule has 20 heavy (non-hydrogen) atoms. The SMILES string of the molecule is O=C(NCC1(O)CCC1)Nc1ccc2ccccc2c1. The van der Waals surface area contributed by atoms with E-state index in [2.05, 4.69) is 10.6 Å². The fourth-order valence-corrected chi connectivity index (χ4v) is 2.45. The second-order valence-electron chi connectivity index (χ2n) is 5.45. The second-order valence-corrected chi connectivity index (χ2v) is 5.45. The highest BCUT2D eigenvalue weighted by atomic mass is 16.3. The smallest absolute Gasteiger partial charge is 0.319 e. The number of amides is 2. The molecule has 1 aliphatic carbocycles. The van der Waals surface area contributed by atoms with Crippen LogP contribution >= 0.6 is 0 Å². The topological polar surface area (TPSA) is 61.4 Å². The van der Waals surface area contributed by atoms with Crippen LogP contribution in [-0.2, 0) is 0 Å². The molecule has 0 bridgehead atoms. The molecule has 0 unspecified atom stereocenters. The summed E-state index contributed by atoms with van der Waals surface area (Å²) in [6, 6.07) is 13.5. The lowest BCUT2D eigenvalue weighted by atomic mass is 9.80. The van der Waals surface area contributed by atoms with Crippen LogP contribution in [0.25, 0.3) is 10.8 Å². The molecule has 0 saturated heterocycles. The number of urea groups is 1. The maximum absolute atomic E-state index is 11.8. The number of fused-ring (bicyclic) bond motifs is 1. The second kappa shape index (κ2) is 5.13. The number of rotatable bonds is 3. The highest BCUT2D eigenvalue weighted by Crippen LogP contribution is 2.30. The van der Waals surface area contributed by atoms with E-state index in [1.54, 1.807) is 0 Å². The van der Waals surface area contributed by atoms with Gasteiger partial charge in [0.25, 0.3) is 0 Å². The Labute approximate surface area is 117 Å². The molecular formula is C16H18N2O2. The third-order valence-electron chi connectivity index (χ3n) is 3.87. The minimum atomic E-state index is -0.694. The summed E-state index contributed by atoms with van der Waals surface area (Å²) in [4.78, 5) is 11.8. The van der Waals surface area contributed by atoms with Crippen LogP contribution in [0.5, 0.6) is 0 Å². The highest BCUT2D eigenvalue weighted by Gasteiger charge is 2.34. The van der Waals surface area contributed by atoms with E-state index in [1.807, 2.05) is 42.5 Å². The third-order valence-corrected chi connectivity index (χ3v) is 3.87. The predicted octanol–water partition coefficient (Wildman–Crippen LogP) is 2.88. The number of hydrogen-bond acceptors (Lipinski definition) is 2. The van der Waals surface area contributed by atoms with Crippen molar-refractivity contribution in [2.45, 2.75) is 24.9 Å². The molecule has 2 aromatic carbocycles. The Hall–Kier alpha value is -2.07. The number of carbonyl (C=O) groups is 1. The Morgan fingerprint density at radius 1 is 1.15 bits per heavy atom. The van der Waals surface area contributed by atoms with Gasteiger partial charge in [-0.3, -0.25) is 0 Å². The van der Waals surface area contributed by atoms with Crippen molar-refractivity contribution in [3.05, 3.63) is 42.5 Å². The van der Waals surface area contributed by atoms with Gasteiger partial charge in [-0.15, -0.1) is 0 Å². The van der Waals surface area contributed by atoms with Crippen LogP contribution < -0.4 is 10.6 Å². The zero-order valence-corrected chi connectivity index (χ0v) is 11.2. The van der Waals surface area contributed by atoms with Crippen molar-refractivity contribution in [2.24, 2.45) is 0 Å². The van der Waals surface area contributed by atoms with Crippen molar-refractivity contribution >= 4 is 22.5 Å². The number of aliphatic hydroxyl groups is 1. The van der Waals surface area contributed by atoms with Crippen molar-refractivity contribution in [3.63, 3.8) is 0 Å². The summed E-state index contributed by atoms with van der Waals surface area (Å²) in [6.07, 6.45) is 2.57. The maximum Gasteiger partial charge on any atom is 0.319 e. The van der Waals surface area contributed by atoms with Crippen LogP contribution in [0, 0.1) is 0 Å². The lowest BCUT2D eigenvalue weighted by Crippen LogP contribution is -2.48. The zero-order chi connectivity index (χ0) is 14.0. The van der Waals surface area contributed by atoms with Gasteiger partial charge in [0.15, 0.2) is 0 Å². The molecule has 0 aromatic heterocycles. The van der Waals surface area contributed by atoms with E-state index < -0.39 is 5.60 Å². The average molecular weight is 270 g/mol. The summed E-state index contributed by atoms with van der Waals surface area (Å²) >= 11 is 0. The van der Waals surface area contributed by atoms with Gasteiger partial charge in [-0.2, -0.15) is 0 Å². The minimum absolute atomic E-state index is 0.277. The number of carbonyl (C=O) groups excluding carboxylic acids is 1. The molecule has 1 aliphatic rings. The molecule has 1 fully saturated rings. The first-order chi connectivity index (χ1) is 9.65. The average Bonchev–Trinajstić information content (AvgIpc) is 2.43. The number of anilines is 1. The van der Waals surface area contributed by atoms with Crippen LogP contribution in [0.3, 0.4) is 0 Å². The molecule has 0 radical (unpaired) electrons. The van der Waals surface area contributed by atoms with E-state index in [4.69, 9.17) is 0 Å². The first-order valence-electron chi connectivity index (χ1n) is 6.91. The van der Waals surface area contributed by atoms with Gasteiger partial charge in [0.1, 0.15) is 0 Å². The molecule has 2 aromatic rings. The molecule has 3 N–H and O–H groups in total. The van der Waals surface area contributed by atoms with Crippen LogP contribution in [0.4, 0.5) is 10.5 Å². The number of hydrogen-bond donors (Lipinski definition) is 3. The predicted molar refractivity (Wildman–Crippen MR) is 79.8 cm³/mol. The molecule has 1 saturated carbocycles. The van der Waals surface area contributed by atoms with Crippen molar-refractivity contribution in [2.75, 3.05) is 11.9 Å². The quantitative estimate of drug-likeness (QED) is 0.803. The Bertz CT molecular complexity index is 635. The standard InChI is InChI=1S/C16H18N2O2/c19-15(17-11-16(20)8-3-9-16)18-14-7-6-12-4-1-2-5-13(12)10-14/h1-2,4-7,10,20H,3,8-9,11H2,(H2,17,18,19). The van der Waals surface area contributed by atoms with Crippen LogP contribution in [-0.4, -0.2) is 23.3 Å². The number of nitrogens with one attached hydrogen (secondary N) is 2. The van der Waals surface area contributed by atoms with E-state index in [0.717, 1.165) is 35.7 Å². The van der Waals surface area contributed by atoms with Crippen LogP contribution in [0.1, 0.15) is 19.3 Å². The van der Waals surface area contributed by atoms with Gasteiger partial charge >= 0.3 is 6.03 Å². The first-order valence-corrected chi connectivity index (χ1v) is 6.91. The Kier molecular flexibility index (Phi) is 3.32. The van der Waals surface area contributed by atoms with Gasteiger partial charge in [-0.25, -0.2) is 4.79 Å². The van der Waals surface area contributed by atoms with Crippen molar-refractivity contribution in [1.82, 2.24) is 5.32 Å². The first kappa shape index (κ1) is 12.9.